The number of nitrogens with one attached hydrogen (secondary N) is 2. The predicted molar refractivity (Wildman–Crippen MR) is 65.4 cm³/mol. The smallest absolute Gasteiger partial charge is 0.137 e. The summed E-state index contributed by atoms with van der Waals surface area (Å²) >= 11 is 0. The fourth-order valence-electron chi connectivity index (χ4n) is 1.38. The van der Waals surface area contributed by atoms with Crippen LogP contribution >= 0.6 is 0 Å². The zero-order valence-electron chi connectivity index (χ0n) is 10.7. The molecule has 92 valence electrons. The van der Waals surface area contributed by atoms with E-state index in [0.717, 1.165) is 19.6 Å². The molecule has 0 amide bonds. The Kier molecular flexibility index (Phi) is 4.89. The van der Waals surface area contributed by atoms with Crippen molar-refractivity contribution < 1.29 is 0 Å². The molecule has 1 aromatic rings. The maximum Gasteiger partial charge on any atom is 0.137 e. The van der Waals surface area contributed by atoms with Crippen LogP contribution in [0, 0.1) is 0 Å². The van der Waals surface area contributed by atoms with Crippen LogP contribution < -0.4 is 10.6 Å². The quantitative estimate of drug-likeness (QED) is 0.704. The van der Waals surface area contributed by atoms with Crippen molar-refractivity contribution in [2.45, 2.75) is 39.3 Å². The average molecular weight is 225 g/mol. The standard InChI is InChI=1S/C11H23N5/c1-10(16-9-13-8-15-16)7-12-5-6-14-11(2,3)4/h8-10,12,14H,5-7H2,1-4H3. The van der Waals surface area contributed by atoms with Gasteiger partial charge >= 0.3 is 0 Å². The third kappa shape index (κ3) is 5.23. The molecule has 0 bridgehead atoms. The highest BCUT2D eigenvalue weighted by Crippen LogP contribution is 1.99. The number of hydrogen-bond donors (Lipinski definition) is 2. The Labute approximate surface area is 97.6 Å². The SMILES string of the molecule is CC(CNCCNC(C)(C)C)n1cncn1. The van der Waals surface area contributed by atoms with Crippen molar-refractivity contribution in [1.82, 2.24) is 25.4 Å². The summed E-state index contributed by atoms with van der Waals surface area (Å²) in [4.78, 5) is 3.93. The fourth-order valence-corrected chi connectivity index (χ4v) is 1.38. The van der Waals surface area contributed by atoms with Crippen LogP contribution in [0.2, 0.25) is 0 Å². The van der Waals surface area contributed by atoms with Crippen molar-refractivity contribution in [2.75, 3.05) is 19.6 Å². The normalized spacial score (nSPS) is 14.0. The third-order valence-corrected chi connectivity index (χ3v) is 2.29. The van der Waals surface area contributed by atoms with Crippen LogP contribution in [0.3, 0.4) is 0 Å². The Balaban J connectivity index is 2.08. The first-order chi connectivity index (χ1) is 7.49. The Hall–Kier alpha value is -0.940. The van der Waals surface area contributed by atoms with Crippen molar-refractivity contribution >= 4 is 0 Å². The fraction of sp³-hybridized carbons (Fsp3) is 0.818. The summed E-state index contributed by atoms with van der Waals surface area (Å²) in [6.45, 7) is 11.5. The van der Waals surface area contributed by atoms with Gasteiger partial charge in [-0.2, -0.15) is 5.10 Å². The van der Waals surface area contributed by atoms with E-state index < -0.39 is 0 Å². The van der Waals surface area contributed by atoms with E-state index in [9.17, 15) is 0 Å². The van der Waals surface area contributed by atoms with Gasteiger partial charge in [0.1, 0.15) is 12.7 Å². The first kappa shape index (κ1) is 13.1. The summed E-state index contributed by atoms with van der Waals surface area (Å²) in [5.41, 5.74) is 0.194. The molecule has 16 heavy (non-hydrogen) atoms. The maximum absolute atomic E-state index is 4.10. The molecule has 2 N–H and O–H groups in total. The minimum atomic E-state index is 0.194. The number of hydrogen-bond acceptors (Lipinski definition) is 4. The highest BCUT2D eigenvalue weighted by Gasteiger charge is 2.07. The molecular weight excluding hydrogens is 202 g/mol. The summed E-state index contributed by atoms with van der Waals surface area (Å²) in [6, 6.07) is 0.345. The van der Waals surface area contributed by atoms with E-state index in [-0.39, 0.29) is 5.54 Å². The number of rotatable bonds is 6. The minimum Gasteiger partial charge on any atom is -0.313 e. The zero-order valence-corrected chi connectivity index (χ0v) is 10.7. The maximum atomic E-state index is 4.10. The van der Waals surface area contributed by atoms with Crippen LogP contribution in [0.15, 0.2) is 12.7 Å². The zero-order chi connectivity index (χ0) is 12.0. The van der Waals surface area contributed by atoms with Crippen molar-refractivity contribution in [2.24, 2.45) is 0 Å². The van der Waals surface area contributed by atoms with E-state index in [1.807, 2.05) is 4.68 Å². The van der Waals surface area contributed by atoms with Crippen LogP contribution in [-0.2, 0) is 0 Å². The molecule has 0 spiro atoms. The van der Waals surface area contributed by atoms with Gasteiger partial charge in [0.2, 0.25) is 0 Å². The highest BCUT2D eigenvalue weighted by molar-refractivity contribution is 4.71. The van der Waals surface area contributed by atoms with Crippen molar-refractivity contribution in [1.29, 1.82) is 0 Å². The first-order valence-electron chi connectivity index (χ1n) is 5.79. The van der Waals surface area contributed by atoms with Crippen LogP contribution in [0.1, 0.15) is 33.7 Å². The van der Waals surface area contributed by atoms with Crippen LogP contribution in [-0.4, -0.2) is 39.9 Å². The summed E-state index contributed by atoms with van der Waals surface area (Å²) in [7, 11) is 0. The van der Waals surface area contributed by atoms with Gasteiger partial charge in [0.05, 0.1) is 6.04 Å². The van der Waals surface area contributed by atoms with Gasteiger partial charge in [0.15, 0.2) is 0 Å². The van der Waals surface area contributed by atoms with Gasteiger partial charge in [-0.15, -0.1) is 0 Å². The lowest BCUT2D eigenvalue weighted by atomic mass is 10.1. The van der Waals surface area contributed by atoms with Crippen LogP contribution in [0.5, 0.6) is 0 Å². The van der Waals surface area contributed by atoms with E-state index in [1.165, 1.54) is 0 Å². The van der Waals surface area contributed by atoms with E-state index >= 15 is 0 Å². The van der Waals surface area contributed by atoms with Crippen molar-refractivity contribution in [3.05, 3.63) is 12.7 Å². The molecule has 0 aliphatic rings. The molecule has 1 rings (SSSR count). The second-order valence-corrected chi connectivity index (χ2v) is 5.11. The lowest BCUT2D eigenvalue weighted by molar-refractivity contribution is 0.406. The molecule has 0 radical (unpaired) electrons. The van der Waals surface area contributed by atoms with E-state index in [0.29, 0.717) is 6.04 Å². The minimum absolute atomic E-state index is 0.194. The molecular formula is C11H23N5. The van der Waals surface area contributed by atoms with Gasteiger partial charge in [-0.05, 0) is 27.7 Å². The number of nitrogens with zero attached hydrogens (tertiary/aromatic N) is 3. The Morgan fingerprint density at radius 1 is 1.31 bits per heavy atom. The van der Waals surface area contributed by atoms with Gasteiger partial charge in [0, 0.05) is 25.2 Å². The molecule has 1 atom stereocenters. The molecule has 0 saturated heterocycles. The van der Waals surface area contributed by atoms with Crippen molar-refractivity contribution in [3.8, 4) is 0 Å². The van der Waals surface area contributed by atoms with Gasteiger partial charge in [-0.1, -0.05) is 0 Å². The topological polar surface area (TPSA) is 54.8 Å². The summed E-state index contributed by atoms with van der Waals surface area (Å²) < 4.78 is 1.87. The second kappa shape index (κ2) is 5.96. The molecule has 5 nitrogen and oxygen atoms in total. The predicted octanol–water partition coefficient (Wildman–Crippen LogP) is 0.817. The van der Waals surface area contributed by atoms with Gasteiger partial charge < -0.3 is 10.6 Å². The van der Waals surface area contributed by atoms with Gasteiger partial charge in [0.25, 0.3) is 0 Å². The molecule has 0 saturated carbocycles. The summed E-state index contributed by atoms with van der Waals surface area (Å²) in [5, 5.41) is 10.9. The second-order valence-electron chi connectivity index (χ2n) is 5.11. The third-order valence-electron chi connectivity index (χ3n) is 2.29. The van der Waals surface area contributed by atoms with E-state index in [2.05, 4.69) is 48.4 Å². The van der Waals surface area contributed by atoms with Crippen LogP contribution in [0.4, 0.5) is 0 Å². The molecule has 1 aromatic heterocycles. The molecule has 0 aliphatic carbocycles. The highest BCUT2D eigenvalue weighted by atomic mass is 15.3. The number of aromatic nitrogens is 3. The lowest BCUT2D eigenvalue weighted by Gasteiger charge is -2.21. The van der Waals surface area contributed by atoms with Gasteiger partial charge in [-0.3, -0.25) is 0 Å². The lowest BCUT2D eigenvalue weighted by Crippen LogP contribution is -2.40. The first-order valence-corrected chi connectivity index (χ1v) is 5.79. The Bertz CT molecular complexity index is 275. The van der Waals surface area contributed by atoms with E-state index in [4.69, 9.17) is 0 Å². The molecule has 0 fully saturated rings. The monoisotopic (exact) mass is 225 g/mol. The molecule has 0 aromatic carbocycles. The van der Waals surface area contributed by atoms with Gasteiger partial charge in [-0.25, -0.2) is 9.67 Å². The van der Waals surface area contributed by atoms with Crippen molar-refractivity contribution in [3.63, 3.8) is 0 Å². The average Bonchev–Trinajstić information content (AvgIpc) is 2.67. The summed E-state index contributed by atoms with van der Waals surface area (Å²) in [5.74, 6) is 0. The Morgan fingerprint density at radius 2 is 2.06 bits per heavy atom. The largest absolute Gasteiger partial charge is 0.313 e. The molecule has 1 heterocycles. The molecule has 1 unspecified atom stereocenters. The molecule has 5 heteroatoms. The van der Waals surface area contributed by atoms with E-state index in [1.54, 1.807) is 12.7 Å². The molecule has 0 aliphatic heterocycles. The summed E-state index contributed by atoms with van der Waals surface area (Å²) in [6.07, 6.45) is 3.32. The van der Waals surface area contributed by atoms with Crippen LogP contribution in [0.25, 0.3) is 0 Å². The Morgan fingerprint density at radius 3 is 2.62 bits per heavy atom.